The number of fused-ring (bicyclic) bond motifs is 1. The number of hydrogen-bond donors (Lipinski definition) is 0. The van der Waals surface area contributed by atoms with Crippen molar-refractivity contribution in [2.45, 2.75) is 58.3 Å². The zero-order chi connectivity index (χ0) is 15.9. The monoisotopic (exact) mass is 304 g/mol. The third-order valence-electron chi connectivity index (χ3n) is 6.07. The Bertz CT molecular complexity index is 689. The van der Waals surface area contributed by atoms with E-state index in [4.69, 9.17) is 13.9 Å². The largest absolute Gasteiger partial charge is 0.460 e. The Labute approximate surface area is 129 Å². The van der Waals surface area contributed by atoms with Crippen molar-refractivity contribution < 1.29 is 23.5 Å². The molecule has 2 aliphatic carbocycles. The van der Waals surface area contributed by atoms with Crippen LogP contribution in [0.4, 0.5) is 0 Å². The Morgan fingerprint density at radius 2 is 2.14 bits per heavy atom. The molecule has 1 aromatic heterocycles. The summed E-state index contributed by atoms with van der Waals surface area (Å²) < 4.78 is 17.2. The van der Waals surface area contributed by atoms with Crippen LogP contribution in [0.25, 0.3) is 0 Å². The molecule has 0 amide bonds. The smallest absolute Gasteiger partial charge is 0.303 e. The first kappa shape index (κ1) is 14.0. The minimum absolute atomic E-state index is 0.0851. The molecule has 1 saturated heterocycles. The highest BCUT2D eigenvalue weighted by Crippen LogP contribution is 2.69. The zero-order valence-corrected chi connectivity index (χ0v) is 13.3. The molecule has 0 aromatic carbocycles. The van der Waals surface area contributed by atoms with Gasteiger partial charge in [-0.2, -0.15) is 0 Å². The Morgan fingerprint density at radius 3 is 2.82 bits per heavy atom. The van der Waals surface area contributed by atoms with Crippen LogP contribution in [0.2, 0.25) is 0 Å². The van der Waals surface area contributed by atoms with E-state index in [-0.39, 0.29) is 23.8 Å². The van der Waals surface area contributed by atoms with Gasteiger partial charge in [-0.3, -0.25) is 9.59 Å². The van der Waals surface area contributed by atoms with Crippen LogP contribution >= 0.6 is 0 Å². The van der Waals surface area contributed by atoms with Gasteiger partial charge in [0.1, 0.15) is 6.10 Å². The highest BCUT2D eigenvalue weighted by atomic mass is 16.6. The molecule has 2 heterocycles. The van der Waals surface area contributed by atoms with Gasteiger partial charge in [0.2, 0.25) is 5.78 Å². The topological polar surface area (TPSA) is 69.0 Å². The Morgan fingerprint density at radius 1 is 1.41 bits per heavy atom. The van der Waals surface area contributed by atoms with E-state index < -0.39 is 17.1 Å². The molecular weight excluding hydrogens is 284 g/mol. The number of esters is 1. The first-order valence-corrected chi connectivity index (χ1v) is 7.81. The minimum Gasteiger partial charge on any atom is -0.460 e. The van der Waals surface area contributed by atoms with E-state index in [0.717, 1.165) is 24.0 Å². The summed E-state index contributed by atoms with van der Waals surface area (Å²) in [5.74, 6) is 0.0788. The highest BCUT2D eigenvalue weighted by molar-refractivity contribution is 6.06. The van der Waals surface area contributed by atoms with E-state index in [0.29, 0.717) is 5.76 Å². The standard InChI is InChI=1S/C17H20O5/c1-8-7-20-13-12(8)15(21-10(3)18)16(4)9(2)5-6-11-17(16,22-11)14(13)19/h7,9,11,15H,5-6H2,1-4H3/t9-,11+,15+,16-,17-/m0/s1. The molecular formula is C17H20O5. The molecule has 22 heavy (non-hydrogen) atoms. The highest BCUT2D eigenvalue weighted by Gasteiger charge is 2.80. The van der Waals surface area contributed by atoms with Crippen LogP contribution in [-0.4, -0.2) is 23.5 Å². The van der Waals surface area contributed by atoms with Gasteiger partial charge in [0.05, 0.1) is 17.8 Å². The van der Waals surface area contributed by atoms with Crippen molar-refractivity contribution in [1.29, 1.82) is 0 Å². The summed E-state index contributed by atoms with van der Waals surface area (Å²) in [7, 11) is 0. The predicted octanol–water partition coefficient (Wildman–Crippen LogP) is 2.96. The van der Waals surface area contributed by atoms with Gasteiger partial charge in [-0.05, 0) is 31.2 Å². The molecule has 1 aliphatic heterocycles. The SMILES string of the molecule is CC(=O)O[C@@H]1c2c(C)coc2C(=O)[C@@]23O[C@@H]2CC[C@H](C)[C@@]13C. The second kappa shape index (κ2) is 4.02. The predicted molar refractivity (Wildman–Crippen MR) is 76.4 cm³/mol. The molecule has 5 atom stereocenters. The minimum atomic E-state index is -0.887. The quantitative estimate of drug-likeness (QED) is 0.589. The fourth-order valence-electron chi connectivity index (χ4n) is 4.66. The Kier molecular flexibility index (Phi) is 2.56. The Balaban J connectivity index is 1.97. The van der Waals surface area contributed by atoms with Crippen molar-refractivity contribution in [3.05, 3.63) is 23.2 Å². The molecule has 0 N–H and O–H groups in total. The van der Waals surface area contributed by atoms with Gasteiger partial charge in [-0.1, -0.05) is 13.8 Å². The van der Waals surface area contributed by atoms with Gasteiger partial charge >= 0.3 is 5.97 Å². The number of ether oxygens (including phenoxy) is 2. The van der Waals surface area contributed by atoms with E-state index in [1.165, 1.54) is 6.92 Å². The van der Waals surface area contributed by atoms with E-state index in [9.17, 15) is 9.59 Å². The van der Waals surface area contributed by atoms with Crippen LogP contribution in [-0.2, 0) is 14.3 Å². The number of carbonyl (C=O) groups excluding carboxylic acids is 2. The molecule has 3 aliphatic rings. The molecule has 0 unspecified atom stereocenters. The molecule has 5 nitrogen and oxygen atoms in total. The maximum absolute atomic E-state index is 13.1. The number of carbonyl (C=O) groups is 2. The summed E-state index contributed by atoms with van der Waals surface area (Å²) in [6.07, 6.45) is 2.80. The second-order valence-electron chi connectivity index (χ2n) is 7.08. The zero-order valence-electron chi connectivity index (χ0n) is 13.3. The lowest BCUT2D eigenvalue weighted by atomic mass is 9.53. The average molecular weight is 304 g/mol. The fraction of sp³-hybridized carbons (Fsp3) is 0.647. The van der Waals surface area contributed by atoms with Gasteiger partial charge in [-0.25, -0.2) is 0 Å². The van der Waals surface area contributed by atoms with Crippen molar-refractivity contribution in [3.8, 4) is 0 Å². The van der Waals surface area contributed by atoms with Crippen molar-refractivity contribution in [1.82, 2.24) is 0 Å². The number of hydrogen-bond acceptors (Lipinski definition) is 5. The molecule has 0 radical (unpaired) electrons. The first-order valence-electron chi connectivity index (χ1n) is 7.81. The summed E-state index contributed by atoms with van der Waals surface area (Å²) in [6, 6.07) is 0. The third kappa shape index (κ3) is 1.34. The molecule has 118 valence electrons. The summed E-state index contributed by atoms with van der Waals surface area (Å²) in [6.45, 7) is 7.42. The van der Waals surface area contributed by atoms with Crippen LogP contribution in [0, 0.1) is 18.3 Å². The number of Topliss-reactive ketones (excluding diaryl/α,β-unsaturated/α-hetero) is 1. The maximum atomic E-state index is 13.1. The van der Waals surface area contributed by atoms with Crippen LogP contribution in [0.15, 0.2) is 10.7 Å². The molecule has 1 aromatic rings. The number of rotatable bonds is 1. The molecule has 1 spiro atoms. The first-order chi connectivity index (χ1) is 10.3. The second-order valence-corrected chi connectivity index (χ2v) is 7.08. The number of epoxide rings is 1. The van der Waals surface area contributed by atoms with Crippen LogP contribution in [0.3, 0.4) is 0 Å². The molecule has 1 saturated carbocycles. The fourth-order valence-corrected chi connectivity index (χ4v) is 4.66. The van der Waals surface area contributed by atoms with Gasteiger partial charge in [0, 0.05) is 12.5 Å². The van der Waals surface area contributed by atoms with Gasteiger partial charge in [0.15, 0.2) is 11.4 Å². The van der Waals surface area contributed by atoms with E-state index in [1.54, 1.807) is 6.26 Å². The van der Waals surface area contributed by atoms with Gasteiger partial charge in [-0.15, -0.1) is 0 Å². The van der Waals surface area contributed by atoms with E-state index in [1.807, 2.05) is 13.8 Å². The van der Waals surface area contributed by atoms with E-state index in [2.05, 4.69) is 6.92 Å². The number of furan rings is 1. The van der Waals surface area contributed by atoms with Crippen LogP contribution in [0.1, 0.15) is 61.4 Å². The van der Waals surface area contributed by atoms with Crippen LogP contribution < -0.4 is 0 Å². The summed E-state index contributed by atoms with van der Waals surface area (Å²) in [4.78, 5) is 24.7. The molecule has 5 heteroatoms. The summed E-state index contributed by atoms with van der Waals surface area (Å²) in [5, 5.41) is 0. The molecule has 2 fully saturated rings. The lowest BCUT2D eigenvalue weighted by Gasteiger charge is -2.49. The third-order valence-corrected chi connectivity index (χ3v) is 6.07. The van der Waals surface area contributed by atoms with Crippen molar-refractivity contribution >= 4 is 11.8 Å². The summed E-state index contributed by atoms with van der Waals surface area (Å²) >= 11 is 0. The molecule has 0 bridgehead atoms. The Hall–Kier alpha value is -1.62. The van der Waals surface area contributed by atoms with Gasteiger partial charge < -0.3 is 13.9 Å². The average Bonchev–Trinajstić information content (AvgIpc) is 3.09. The van der Waals surface area contributed by atoms with Gasteiger partial charge in [0.25, 0.3) is 0 Å². The molecule has 4 rings (SSSR count). The maximum Gasteiger partial charge on any atom is 0.303 e. The lowest BCUT2D eigenvalue weighted by Crippen LogP contribution is -2.57. The van der Waals surface area contributed by atoms with Crippen molar-refractivity contribution in [2.75, 3.05) is 0 Å². The number of ketones is 1. The summed E-state index contributed by atoms with van der Waals surface area (Å²) in [5.41, 5.74) is 0.125. The van der Waals surface area contributed by atoms with Crippen molar-refractivity contribution in [2.24, 2.45) is 11.3 Å². The lowest BCUT2D eigenvalue weighted by molar-refractivity contribution is -0.163. The number of aryl methyl sites for hydroxylation is 1. The normalized spacial score (nSPS) is 42.2. The van der Waals surface area contributed by atoms with E-state index >= 15 is 0 Å². The van der Waals surface area contributed by atoms with Crippen LogP contribution in [0.5, 0.6) is 0 Å². The van der Waals surface area contributed by atoms with Crippen molar-refractivity contribution in [3.63, 3.8) is 0 Å².